The van der Waals surface area contributed by atoms with E-state index < -0.39 is 0 Å². The summed E-state index contributed by atoms with van der Waals surface area (Å²) in [6, 6.07) is 0. The normalized spacial score (nSPS) is 31.8. The quantitative estimate of drug-likeness (QED) is 0.677. The first-order chi connectivity index (χ1) is 5.12. The second-order valence-corrected chi connectivity index (χ2v) is 4.32. The monoisotopic (exact) mass is 173 g/mol. The molecule has 1 rings (SSSR count). The van der Waals surface area contributed by atoms with E-state index in [1.54, 1.807) is 0 Å². The zero-order chi connectivity index (χ0) is 8.32. The SMILES string of the molecule is C=C(Cl)C[C@]1(C)CCCNC1. The molecule has 0 amide bonds. The van der Waals surface area contributed by atoms with Gasteiger partial charge in [-0.3, -0.25) is 0 Å². The zero-order valence-corrected chi connectivity index (χ0v) is 7.88. The first-order valence-corrected chi connectivity index (χ1v) is 4.54. The van der Waals surface area contributed by atoms with E-state index in [1.165, 1.54) is 12.8 Å². The van der Waals surface area contributed by atoms with Crippen molar-refractivity contribution in [1.82, 2.24) is 5.32 Å². The molecule has 1 heterocycles. The maximum absolute atomic E-state index is 5.78. The van der Waals surface area contributed by atoms with Gasteiger partial charge in [0.15, 0.2) is 0 Å². The summed E-state index contributed by atoms with van der Waals surface area (Å²) in [5.74, 6) is 0. The van der Waals surface area contributed by atoms with Crippen LogP contribution in [0.3, 0.4) is 0 Å². The fourth-order valence-electron chi connectivity index (χ4n) is 1.73. The highest BCUT2D eigenvalue weighted by Gasteiger charge is 2.26. The lowest BCUT2D eigenvalue weighted by Gasteiger charge is -2.33. The highest BCUT2D eigenvalue weighted by molar-refractivity contribution is 6.29. The summed E-state index contributed by atoms with van der Waals surface area (Å²) in [5.41, 5.74) is 0.358. The minimum atomic E-state index is 0.358. The van der Waals surface area contributed by atoms with Gasteiger partial charge in [-0.1, -0.05) is 25.1 Å². The molecule has 0 saturated carbocycles. The molecule has 0 spiro atoms. The van der Waals surface area contributed by atoms with Crippen LogP contribution in [0.4, 0.5) is 0 Å². The molecule has 0 unspecified atom stereocenters. The average molecular weight is 174 g/mol. The van der Waals surface area contributed by atoms with Crippen molar-refractivity contribution in [1.29, 1.82) is 0 Å². The van der Waals surface area contributed by atoms with E-state index in [2.05, 4.69) is 18.8 Å². The fourth-order valence-corrected chi connectivity index (χ4v) is 2.06. The molecule has 1 N–H and O–H groups in total. The first-order valence-electron chi connectivity index (χ1n) is 4.16. The standard InChI is InChI=1S/C9H16ClN/c1-8(10)6-9(2)4-3-5-11-7-9/h11H,1,3-7H2,2H3/t9-/m0/s1. The van der Waals surface area contributed by atoms with Gasteiger partial charge in [-0.2, -0.15) is 0 Å². The molecular weight excluding hydrogens is 158 g/mol. The molecule has 1 aliphatic heterocycles. The molecule has 0 aliphatic carbocycles. The number of hydrogen-bond acceptors (Lipinski definition) is 1. The third-order valence-corrected chi connectivity index (χ3v) is 2.44. The van der Waals surface area contributed by atoms with Gasteiger partial charge in [0.25, 0.3) is 0 Å². The van der Waals surface area contributed by atoms with Gasteiger partial charge in [-0.15, -0.1) is 0 Å². The lowest BCUT2D eigenvalue weighted by Crippen LogP contribution is -2.37. The smallest absolute Gasteiger partial charge is 0.0115 e. The van der Waals surface area contributed by atoms with Gasteiger partial charge in [-0.05, 0) is 31.2 Å². The number of halogens is 1. The van der Waals surface area contributed by atoms with Crippen LogP contribution in [0.15, 0.2) is 11.6 Å². The Morgan fingerprint density at radius 3 is 2.91 bits per heavy atom. The van der Waals surface area contributed by atoms with E-state index in [0.717, 1.165) is 24.5 Å². The number of piperidine rings is 1. The van der Waals surface area contributed by atoms with Crippen LogP contribution in [0.1, 0.15) is 26.2 Å². The minimum Gasteiger partial charge on any atom is -0.316 e. The van der Waals surface area contributed by atoms with Crippen molar-refractivity contribution in [3.8, 4) is 0 Å². The Hall–Kier alpha value is -0.0100. The lowest BCUT2D eigenvalue weighted by atomic mass is 9.80. The van der Waals surface area contributed by atoms with E-state index in [9.17, 15) is 0 Å². The van der Waals surface area contributed by atoms with Crippen molar-refractivity contribution in [2.45, 2.75) is 26.2 Å². The summed E-state index contributed by atoms with van der Waals surface area (Å²) < 4.78 is 0. The van der Waals surface area contributed by atoms with Gasteiger partial charge in [0.2, 0.25) is 0 Å². The van der Waals surface area contributed by atoms with Crippen LogP contribution in [-0.4, -0.2) is 13.1 Å². The predicted molar refractivity (Wildman–Crippen MR) is 49.8 cm³/mol. The fraction of sp³-hybridized carbons (Fsp3) is 0.778. The van der Waals surface area contributed by atoms with Crippen molar-refractivity contribution in [2.24, 2.45) is 5.41 Å². The summed E-state index contributed by atoms with van der Waals surface area (Å²) >= 11 is 5.78. The topological polar surface area (TPSA) is 12.0 Å². The summed E-state index contributed by atoms with van der Waals surface area (Å²) in [5, 5.41) is 4.17. The van der Waals surface area contributed by atoms with Crippen LogP contribution in [0.25, 0.3) is 0 Å². The number of rotatable bonds is 2. The van der Waals surface area contributed by atoms with Crippen molar-refractivity contribution in [3.05, 3.63) is 11.6 Å². The Balaban J connectivity index is 2.43. The molecular formula is C9H16ClN. The first kappa shape index (κ1) is 9.08. The van der Waals surface area contributed by atoms with Crippen molar-refractivity contribution in [2.75, 3.05) is 13.1 Å². The summed E-state index contributed by atoms with van der Waals surface area (Å²) in [7, 11) is 0. The Kier molecular flexibility index (Phi) is 2.97. The number of hydrogen-bond donors (Lipinski definition) is 1. The van der Waals surface area contributed by atoms with Crippen molar-refractivity contribution < 1.29 is 0 Å². The van der Waals surface area contributed by atoms with E-state index >= 15 is 0 Å². The van der Waals surface area contributed by atoms with Crippen molar-refractivity contribution in [3.63, 3.8) is 0 Å². The minimum absolute atomic E-state index is 0.358. The van der Waals surface area contributed by atoms with E-state index in [0.29, 0.717) is 5.41 Å². The van der Waals surface area contributed by atoms with Crippen LogP contribution >= 0.6 is 11.6 Å². The molecule has 0 bridgehead atoms. The summed E-state index contributed by atoms with van der Waals surface area (Å²) in [6.07, 6.45) is 3.48. The van der Waals surface area contributed by atoms with Gasteiger partial charge in [0, 0.05) is 11.6 Å². The van der Waals surface area contributed by atoms with E-state index in [-0.39, 0.29) is 0 Å². The maximum Gasteiger partial charge on any atom is 0.0115 e. The van der Waals surface area contributed by atoms with Crippen LogP contribution in [0, 0.1) is 5.41 Å². The predicted octanol–water partition coefficient (Wildman–Crippen LogP) is 2.52. The maximum atomic E-state index is 5.78. The molecule has 1 saturated heterocycles. The zero-order valence-electron chi connectivity index (χ0n) is 7.12. The Morgan fingerprint density at radius 1 is 1.73 bits per heavy atom. The summed E-state index contributed by atoms with van der Waals surface area (Å²) in [6.45, 7) is 8.24. The molecule has 1 nitrogen and oxygen atoms in total. The van der Waals surface area contributed by atoms with E-state index in [1.807, 2.05) is 0 Å². The number of allylic oxidation sites excluding steroid dienone is 1. The van der Waals surface area contributed by atoms with Gasteiger partial charge in [0.05, 0.1) is 0 Å². The lowest BCUT2D eigenvalue weighted by molar-refractivity contribution is 0.238. The average Bonchev–Trinajstić information content (AvgIpc) is 1.85. The van der Waals surface area contributed by atoms with Gasteiger partial charge >= 0.3 is 0 Å². The largest absolute Gasteiger partial charge is 0.316 e. The second-order valence-electron chi connectivity index (χ2n) is 3.79. The van der Waals surface area contributed by atoms with E-state index in [4.69, 9.17) is 11.6 Å². The third kappa shape index (κ3) is 2.84. The third-order valence-electron chi connectivity index (χ3n) is 2.30. The van der Waals surface area contributed by atoms with Crippen molar-refractivity contribution >= 4 is 11.6 Å². The van der Waals surface area contributed by atoms with Crippen LogP contribution in [0.5, 0.6) is 0 Å². The second kappa shape index (κ2) is 3.59. The highest BCUT2D eigenvalue weighted by atomic mass is 35.5. The van der Waals surface area contributed by atoms with Gasteiger partial charge in [0.1, 0.15) is 0 Å². The molecule has 1 fully saturated rings. The van der Waals surface area contributed by atoms with Crippen LogP contribution < -0.4 is 5.32 Å². The van der Waals surface area contributed by atoms with Crippen LogP contribution in [-0.2, 0) is 0 Å². The molecule has 1 atom stereocenters. The Bertz CT molecular complexity index is 148. The van der Waals surface area contributed by atoms with Gasteiger partial charge < -0.3 is 5.32 Å². The summed E-state index contributed by atoms with van der Waals surface area (Å²) in [4.78, 5) is 0. The molecule has 0 radical (unpaired) electrons. The molecule has 0 aromatic rings. The number of nitrogens with one attached hydrogen (secondary N) is 1. The highest BCUT2D eigenvalue weighted by Crippen LogP contribution is 2.32. The molecule has 1 aliphatic rings. The molecule has 0 aromatic heterocycles. The van der Waals surface area contributed by atoms with Crippen LogP contribution in [0.2, 0.25) is 0 Å². The molecule has 11 heavy (non-hydrogen) atoms. The van der Waals surface area contributed by atoms with Gasteiger partial charge in [-0.25, -0.2) is 0 Å². The molecule has 0 aromatic carbocycles. The Labute approximate surface area is 73.8 Å². The molecule has 64 valence electrons. The molecule has 2 heteroatoms. The Morgan fingerprint density at radius 2 is 2.45 bits per heavy atom.